The van der Waals surface area contributed by atoms with Gasteiger partial charge in [0.15, 0.2) is 5.65 Å². The van der Waals surface area contributed by atoms with Crippen LogP contribution in [-0.2, 0) is 10.0 Å². The van der Waals surface area contributed by atoms with Crippen LogP contribution in [0.15, 0.2) is 78.0 Å². The summed E-state index contributed by atoms with van der Waals surface area (Å²) >= 11 is 0. The topological polar surface area (TPSA) is 102 Å². The molecule has 8 nitrogen and oxygen atoms in total. The Morgan fingerprint density at radius 2 is 1.91 bits per heavy atom. The minimum Gasteiger partial charge on any atom is -0.508 e. The lowest BCUT2D eigenvalue weighted by Gasteiger charge is -2.16. The first-order chi connectivity index (χ1) is 16.0. The quantitative estimate of drug-likeness (QED) is 0.426. The molecule has 0 bridgehead atoms. The summed E-state index contributed by atoms with van der Waals surface area (Å²) in [5, 5.41) is 14.2. The van der Waals surface area contributed by atoms with Crippen molar-refractivity contribution in [3.05, 3.63) is 73.1 Å². The van der Waals surface area contributed by atoms with E-state index in [2.05, 4.69) is 14.9 Å². The fraction of sp³-hybridized carbons (Fsp3) is 0.167. The largest absolute Gasteiger partial charge is 0.508 e. The lowest BCUT2D eigenvalue weighted by molar-refractivity contribution is 0.475. The first-order valence-corrected chi connectivity index (χ1v) is 12.2. The number of aromatic nitrogens is 4. The summed E-state index contributed by atoms with van der Waals surface area (Å²) in [7, 11) is -3.79. The van der Waals surface area contributed by atoms with Crippen LogP contribution in [0.3, 0.4) is 0 Å². The van der Waals surface area contributed by atoms with E-state index in [1.165, 1.54) is 3.97 Å². The van der Waals surface area contributed by atoms with Gasteiger partial charge in [-0.2, -0.15) is 0 Å². The van der Waals surface area contributed by atoms with E-state index in [-0.39, 0.29) is 16.7 Å². The van der Waals surface area contributed by atoms with Crippen LogP contribution in [0.5, 0.6) is 5.75 Å². The third-order valence-electron chi connectivity index (χ3n) is 6.13. The van der Waals surface area contributed by atoms with Crippen molar-refractivity contribution < 1.29 is 13.5 Å². The molecule has 6 rings (SSSR count). The molecule has 1 fully saturated rings. The fourth-order valence-electron chi connectivity index (χ4n) is 4.61. The molecule has 1 aliphatic rings. The molecule has 0 amide bonds. The number of hydrogen-bond donors (Lipinski definition) is 2. The Balaban J connectivity index is 1.63. The molecule has 1 atom stereocenters. The first kappa shape index (κ1) is 20.0. The molecule has 9 heteroatoms. The zero-order chi connectivity index (χ0) is 22.6. The molecule has 4 heterocycles. The Morgan fingerprint density at radius 1 is 1.06 bits per heavy atom. The summed E-state index contributed by atoms with van der Waals surface area (Å²) in [5.74, 6) is 0.890. The number of phenolic OH excluding ortho intramolecular Hbond substituents is 1. The molecule has 3 aromatic heterocycles. The molecule has 0 saturated carbocycles. The molecule has 0 spiro atoms. The Kier molecular flexibility index (Phi) is 4.49. The third-order valence-corrected chi connectivity index (χ3v) is 7.81. The number of pyridine rings is 1. The average Bonchev–Trinajstić information content (AvgIpc) is 3.56. The van der Waals surface area contributed by atoms with E-state index < -0.39 is 10.0 Å². The van der Waals surface area contributed by atoms with Crippen LogP contribution in [-0.4, -0.2) is 45.1 Å². The Labute approximate surface area is 190 Å². The summed E-state index contributed by atoms with van der Waals surface area (Å²) in [4.78, 5) is 9.55. The van der Waals surface area contributed by atoms with Gasteiger partial charge in [-0.15, -0.1) is 0 Å². The van der Waals surface area contributed by atoms with Gasteiger partial charge in [-0.25, -0.2) is 22.4 Å². The highest BCUT2D eigenvalue weighted by atomic mass is 32.2. The van der Waals surface area contributed by atoms with Gasteiger partial charge in [0.05, 0.1) is 16.6 Å². The number of aromatic hydroxyl groups is 1. The van der Waals surface area contributed by atoms with Crippen LogP contribution in [0.4, 0.5) is 0 Å². The van der Waals surface area contributed by atoms with Crippen molar-refractivity contribution in [2.45, 2.75) is 17.4 Å². The van der Waals surface area contributed by atoms with Crippen LogP contribution in [0, 0.1) is 0 Å². The van der Waals surface area contributed by atoms with Crippen molar-refractivity contribution in [3.63, 3.8) is 0 Å². The zero-order valence-electron chi connectivity index (χ0n) is 17.6. The van der Waals surface area contributed by atoms with E-state index in [0.29, 0.717) is 11.2 Å². The van der Waals surface area contributed by atoms with Crippen molar-refractivity contribution in [1.29, 1.82) is 0 Å². The van der Waals surface area contributed by atoms with Crippen molar-refractivity contribution in [1.82, 2.24) is 23.8 Å². The number of nitrogens with zero attached hydrogens (tertiary/aromatic N) is 4. The minimum absolute atomic E-state index is 0.145. The van der Waals surface area contributed by atoms with Crippen molar-refractivity contribution >= 4 is 32.1 Å². The molecule has 2 aromatic carbocycles. The molecule has 33 heavy (non-hydrogen) atoms. The minimum atomic E-state index is -3.79. The van der Waals surface area contributed by atoms with Gasteiger partial charge < -0.3 is 15.0 Å². The Hall–Kier alpha value is -3.69. The maximum atomic E-state index is 13.3. The molecular weight excluding hydrogens is 438 g/mol. The molecule has 166 valence electrons. The maximum absolute atomic E-state index is 13.3. The number of hydrogen-bond acceptors (Lipinski definition) is 6. The first-order valence-electron chi connectivity index (χ1n) is 10.7. The molecule has 0 radical (unpaired) electrons. The van der Waals surface area contributed by atoms with Crippen molar-refractivity contribution in [2.24, 2.45) is 0 Å². The molecule has 2 N–H and O–H groups in total. The van der Waals surface area contributed by atoms with Gasteiger partial charge in [-0.3, -0.25) is 0 Å². The van der Waals surface area contributed by atoms with Crippen LogP contribution >= 0.6 is 0 Å². The molecule has 1 unspecified atom stereocenters. The van der Waals surface area contributed by atoms with Gasteiger partial charge in [0.1, 0.15) is 17.1 Å². The van der Waals surface area contributed by atoms with E-state index >= 15 is 0 Å². The SMILES string of the molecule is O=S(=O)(c1ccccc1)n1ccc2c1ncc1nc(-c3cccc(O)c3)n(C3CCNC3)c12. The summed E-state index contributed by atoms with van der Waals surface area (Å²) in [5.41, 5.74) is 2.68. The summed E-state index contributed by atoms with van der Waals surface area (Å²) in [6, 6.07) is 17.3. The van der Waals surface area contributed by atoms with E-state index in [1.807, 2.05) is 6.07 Å². The van der Waals surface area contributed by atoms with Crippen LogP contribution in [0.25, 0.3) is 33.5 Å². The lowest BCUT2D eigenvalue weighted by atomic mass is 10.1. The highest BCUT2D eigenvalue weighted by Gasteiger charge is 2.27. The predicted octanol–water partition coefficient (Wildman–Crippen LogP) is 3.53. The van der Waals surface area contributed by atoms with Gasteiger partial charge in [0.2, 0.25) is 0 Å². The molecular formula is C24H21N5O3S. The average molecular weight is 460 g/mol. The summed E-state index contributed by atoms with van der Waals surface area (Å²) in [6.07, 6.45) is 4.10. The van der Waals surface area contributed by atoms with Gasteiger partial charge in [0.25, 0.3) is 10.0 Å². The smallest absolute Gasteiger partial charge is 0.269 e. The monoisotopic (exact) mass is 459 g/mol. The fourth-order valence-corrected chi connectivity index (χ4v) is 5.93. The predicted molar refractivity (Wildman–Crippen MR) is 126 cm³/mol. The van der Waals surface area contributed by atoms with Crippen LogP contribution in [0.1, 0.15) is 12.5 Å². The van der Waals surface area contributed by atoms with E-state index in [1.54, 1.807) is 67.0 Å². The summed E-state index contributed by atoms with van der Waals surface area (Å²) < 4.78 is 30.0. The second-order valence-electron chi connectivity index (χ2n) is 8.16. The van der Waals surface area contributed by atoms with Gasteiger partial charge in [0, 0.05) is 29.7 Å². The zero-order valence-corrected chi connectivity index (χ0v) is 18.4. The molecule has 5 aromatic rings. The number of imidazole rings is 1. The van der Waals surface area contributed by atoms with Gasteiger partial charge in [-0.1, -0.05) is 30.3 Å². The normalized spacial score (nSPS) is 16.7. The molecule has 1 aliphatic heterocycles. The van der Waals surface area contributed by atoms with Crippen LogP contribution < -0.4 is 5.32 Å². The summed E-state index contributed by atoms with van der Waals surface area (Å²) in [6.45, 7) is 1.67. The number of rotatable bonds is 4. The maximum Gasteiger partial charge on any atom is 0.269 e. The lowest BCUT2D eigenvalue weighted by Crippen LogP contribution is -2.15. The van der Waals surface area contributed by atoms with E-state index in [4.69, 9.17) is 4.98 Å². The van der Waals surface area contributed by atoms with Crippen molar-refractivity contribution in [3.8, 4) is 17.1 Å². The second kappa shape index (κ2) is 7.43. The number of phenols is 1. The van der Waals surface area contributed by atoms with Crippen molar-refractivity contribution in [2.75, 3.05) is 13.1 Å². The standard InChI is InChI=1S/C24H21N5O3S/c30-18-6-4-5-16(13-18)23-27-21-15-26-24-20(22(21)29(23)17-9-11-25-14-17)10-12-28(24)33(31,32)19-7-2-1-3-8-19/h1-8,10,12-13,15,17,25,30H,9,11,14H2. The third kappa shape index (κ3) is 3.12. The molecule has 0 aliphatic carbocycles. The number of nitrogens with one attached hydrogen (secondary N) is 1. The second-order valence-corrected chi connectivity index (χ2v) is 9.98. The van der Waals surface area contributed by atoms with E-state index in [0.717, 1.165) is 41.8 Å². The number of benzene rings is 2. The highest BCUT2D eigenvalue weighted by molar-refractivity contribution is 7.90. The molecule has 1 saturated heterocycles. The van der Waals surface area contributed by atoms with Gasteiger partial charge in [-0.05, 0) is 43.3 Å². The van der Waals surface area contributed by atoms with E-state index in [9.17, 15) is 13.5 Å². The van der Waals surface area contributed by atoms with Crippen LogP contribution in [0.2, 0.25) is 0 Å². The Bertz CT molecular complexity index is 1600. The Morgan fingerprint density at radius 3 is 2.67 bits per heavy atom. The highest BCUT2D eigenvalue weighted by Crippen LogP contribution is 2.36. The number of fused-ring (bicyclic) bond motifs is 3. The van der Waals surface area contributed by atoms with Gasteiger partial charge >= 0.3 is 0 Å².